The van der Waals surface area contributed by atoms with Crippen molar-refractivity contribution in [1.82, 2.24) is 15.2 Å². The summed E-state index contributed by atoms with van der Waals surface area (Å²) in [7, 11) is 0. The van der Waals surface area contributed by atoms with Crippen molar-refractivity contribution in [2.24, 2.45) is 11.8 Å². The highest BCUT2D eigenvalue weighted by Crippen LogP contribution is 2.15. The molecule has 1 aromatic carbocycles. The van der Waals surface area contributed by atoms with Crippen molar-refractivity contribution in [3.63, 3.8) is 0 Å². The van der Waals surface area contributed by atoms with Crippen LogP contribution in [0.1, 0.15) is 67.3 Å². The molecule has 1 heterocycles. The molecule has 0 saturated heterocycles. The summed E-state index contributed by atoms with van der Waals surface area (Å²) < 4.78 is 19.5. The highest BCUT2D eigenvalue weighted by molar-refractivity contribution is 5.94. The van der Waals surface area contributed by atoms with Crippen molar-refractivity contribution < 1.29 is 18.4 Å². The van der Waals surface area contributed by atoms with E-state index in [0.29, 0.717) is 24.9 Å². The number of benzene rings is 1. The Morgan fingerprint density at radius 3 is 2.48 bits per heavy atom. The molecule has 7 heteroatoms. The monoisotopic (exact) mass is 403 g/mol. The summed E-state index contributed by atoms with van der Waals surface area (Å²) in [4.78, 5) is 30.8. The normalized spacial score (nSPS) is 11.1. The Labute approximate surface area is 171 Å². The van der Waals surface area contributed by atoms with E-state index in [2.05, 4.69) is 38.0 Å². The third-order valence-corrected chi connectivity index (χ3v) is 4.49. The number of hydrogen-bond donors (Lipinski definition) is 1. The molecule has 0 spiro atoms. The summed E-state index contributed by atoms with van der Waals surface area (Å²) in [5, 5.41) is 2.80. The van der Waals surface area contributed by atoms with Gasteiger partial charge in [0, 0.05) is 13.1 Å². The lowest BCUT2D eigenvalue weighted by atomic mass is 10.1. The number of amides is 2. The molecule has 6 nitrogen and oxygen atoms in total. The predicted octanol–water partition coefficient (Wildman–Crippen LogP) is 4.28. The summed E-state index contributed by atoms with van der Waals surface area (Å²) in [6.07, 6.45) is 2.91. The van der Waals surface area contributed by atoms with Crippen molar-refractivity contribution in [3.05, 3.63) is 53.5 Å². The maximum absolute atomic E-state index is 14.1. The number of halogens is 1. The van der Waals surface area contributed by atoms with Gasteiger partial charge in [-0.1, -0.05) is 39.8 Å². The summed E-state index contributed by atoms with van der Waals surface area (Å²) >= 11 is 0. The van der Waals surface area contributed by atoms with E-state index in [0.717, 1.165) is 12.8 Å². The Balaban J connectivity index is 2.09. The van der Waals surface area contributed by atoms with Crippen LogP contribution in [0.15, 0.2) is 34.9 Å². The second-order valence-corrected chi connectivity index (χ2v) is 7.95. The average molecular weight is 403 g/mol. The second-order valence-electron chi connectivity index (χ2n) is 7.95. The summed E-state index contributed by atoms with van der Waals surface area (Å²) in [6.45, 7) is 9.33. The quantitative estimate of drug-likeness (QED) is 0.642. The molecule has 0 fully saturated rings. The van der Waals surface area contributed by atoms with Crippen molar-refractivity contribution in [2.45, 2.75) is 47.1 Å². The van der Waals surface area contributed by atoms with Crippen LogP contribution < -0.4 is 5.32 Å². The summed E-state index contributed by atoms with van der Waals surface area (Å²) in [5.74, 6) is -0.198. The zero-order valence-corrected chi connectivity index (χ0v) is 17.6. The van der Waals surface area contributed by atoms with Crippen LogP contribution >= 0.6 is 0 Å². The summed E-state index contributed by atoms with van der Waals surface area (Å²) in [5.41, 5.74) is 0.181. The van der Waals surface area contributed by atoms with Gasteiger partial charge in [-0.25, -0.2) is 9.37 Å². The van der Waals surface area contributed by atoms with Crippen LogP contribution in [0.4, 0.5) is 4.39 Å². The molecular weight excluding hydrogens is 373 g/mol. The van der Waals surface area contributed by atoms with Crippen LogP contribution in [0.3, 0.4) is 0 Å². The number of oxazole rings is 1. The number of nitrogens with one attached hydrogen (secondary N) is 1. The molecule has 0 aliphatic heterocycles. The largest absolute Gasteiger partial charge is 0.446 e. The number of nitrogens with zero attached hydrogens (tertiary/aromatic N) is 2. The molecule has 0 saturated carbocycles. The maximum Gasteiger partial charge on any atom is 0.273 e. The summed E-state index contributed by atoms with van der Waals surface area (Å²) in [6, 6.07) is 5.90. The Morgan fingerprint density at radius 2 is 1.83 bits per heavy atom. The van der Waals surface area contributed by atoms with Crippen LogP contribution in [-0.2, 0) is 6.54 Å². The highest BCUT2D eigenvalue weighted by atomic mass is 19.1. The molecule has 29 heavy (non-hydrogen) atoms. The third-order valence-electron chi connectivity index (χ3n) is 4.49. The molecule has 0 unspecified atom stereocenters. The Kier molecular flexibility index (Phi) is 8.36. The van der Waals surface area contributed by atoms with Crippen molar-refractivity contribution in [1.29, 1.82) is 0 Å². The molecule has 2 rings (SSSR count). The second kappa shape index (κ2) is 10.7. The van der Waals surface area contributed by atoms with E-state index in [-0.39, 0.29) is 29.6 Å². The van der Waals surface area contributed by atoms with E-state index in [1.165, 1.54) is 23.3 Å². The molecule has 2 amide bonds. The van der Waals surface area contributed by atoms with E-state index in [1.807, 2.05) is 0 Å². The molecular formula is C22H30FN3O3. The van der Waals surface area contributed by atoms with E-state index in [1.54, 1.807) is 12.1 Å². The molecule has 0 bridgehead atoms. The Bertz CT molecular complexity index is 817. The van der Waals surface area contributed by atoms with Gasteiger partial charge in [0.25, 0.3) is 11.8 Å². The third kappa shape index (κ3) is 7.00. The van der Waals surface area contributed by atoms with Crippen molar-refractivity contribution in [3.8, 4) is 0 Å². The van der Waals surface area contributed by atoms with Crippen LogP contribution in [-0.4, -0.2) is 34.8 Å². The lowest BCUT2D eigenvalue weighted by molar-refractivity contribution is 0.0715. The van der Waals surface area contributed by atoms with Gasteiger partial charge in [-0.05, 0) is 36.8 Å². The first-order chi connectivity index (χ1) is 13.8. The minimum atomic E-state index is -0.565. The molecule has 0 aliphatic carbocycles. The molecule has 1 aromatic heterocycles. The van der Waals surface area contributed by atoms with E-state index in [4.69, 9.17) is 4.42 Å². The fourth-order valence-corrected chi connectivity index (χ4v) is 2.69. The van der Waals surface area contributed by atoms with Gasteiger partial charge in [-0.15, -0.1) is 0 Å². The zero-order valence-electron chi connectivity index (χ0n) is 17.6. The van der Waals surface area contributed by atoms with Crippen molar-refractivity contribution in [2.75, 3.05) is 13.1 Å². The molecule has 1 N–H and O–H groups in total. The van der Waals surface area contributed by atoms with Gasteiger partial charge < -0.3 is 14.6 Å². The lowest BCUT2D eigenvalue weighted by Crippen LogP contribution is -2.33. The predicted molar refractivity (Wildman–Crippen MR) is 109 cm³/mol. The average Bonchev–Trinajstić information content (AvgIpc) is 3.13. The first-order valence-electron chi connectivity index (χ1n) is 10.0. The van der Waals surface area contributed by atoms with Crippen LogP contribution in [0.2, 0.25) is 0 Å². The van der Waals surface area contributed by atoms with Gasteiger partial charge in [0.15, 0.2) is 5.69 Å². The van der Waals surface area contributed by atoms with Crippen LogP contribution in [0.5, 0.6) is 0 Å². The van der Waals surface area contributed by atoms with Crippen LogP contribution in [0, 0.1) is 17.7 Å². The smallest absolute Gasteiger partial charge is 0.273 e. The molecule has 0 atom stereocenters. The minimum Gasteiger partial charge on any atom is -0.446 e. The zero-order chi connectivity index (χ0) is 21.4. The Hall–Kier alpha value is -2.70. The van der Waals surface area contributed by atoms with Gasteiger partial charge in [0.05, 0.1) is 12.1 Å². The molecule has 0 aliphatic rings. The van der Waals surface area contributed by atoms with Gasteiger partial charge in [-0.3, -0.25) is 9.59 Å². The lowest BCUT2D eigenvalue weighted by Gasteiger charge is -2.22. The fraction of sp³-hybridized carbons (Fsp3) is 0.500. The number of carbonyl (C=O) groups excluding carboxylic acids is 2. The van der Waals surface area contributed by atoms with Gasteiger partial charge in [0.1, 0.15) is 12.1 Å². The standard InChI is InChI=1S/C22H30FN3O3/c1-15(2)9-11-24-21(27)19-14-29-20(25-19)13-26(12-10-16(3)4)22(28)17-7-5-6-8-18(17)23/h5-8,14-16H,9-13H2,1-4H3,(H,24,27). The number of hydrogen-bond acceptors (Lipinski definition) is 4. The van der Waals surface area contributed by atoms with Gasteiger partial charge in [0.2, 0.25) is 5.89 Å². The maximum atomic E-state index is 14.1. The first-order valence-corrected chi connectivity index (χ1v) is 10.0. The highest BCUT2D eigenvalue weighted by Gasteiger charge is 2.22. The van der Waals surface area contributed by atoms with E-state index in [9.17, 15) is 14.0 Å². The number of carbonyl (C=O) groups is 2. The number of rotatable bonds is 10. The SMILES string of the molecule is CC(C)CCNC(=O)c1coc(CN(CCC(C)C)C(=O)c2ccccc2F)n1. The fourth-order valence-electron chi connectivity index (χ4n) is 2.69. The number of aromatic nitrogens is 1. The van der Waals surface area contributed by atoms with Gasteiger partial charge >= 0.3 is 0 Å². The molecule has 0 radical (unpaired) electrons. The minimum absolute atomic E-state index is 0.00876. The van der Waals surface area contributed by atoms with E-state index < -0.39 is 11.7 Å². The molecule has 158 valence electrons. The Morgan fingerprint density at radius 1 is 1.14 bits per heavy atom. The first kappa shape index (κ1) is 22.6. The van der Waals surface area contributed by atoms with Crippen LogP contribution in [0.25, 0.3) is 0 Å². The molecule has 2 aromatic rings. The van der Waals surface area contributed by atoms with E-state index >= 15 is 0 Å². The van der Waals surface area contributed by atoms with Crippen molar-refractivity contribution >= 4 is 11.8 Å². The van der Waals surface area contributed by atoms with Gasteiger partial charge in [-0.2, -0.15) is 0 Å². The topological polar surface area (TPSA) is 75.4 Å².